The van der Waals surface area contributed by atoms with Gasteiger partial charge in [0.15, 0.2) is 0 Å². The first kappa shape index (κ1) is 9.93. The fraction of sp³-hybridized carbons (Fsp3) is 0.900. The Labute approximate surface area is 83.8 Å². The number of aliphatic hydroxyl groups excluding tert-OH is 1. The average Bonchev–Trinajstić information content (AvgIpc) is 2.45. The number of hydrogen-bond acceptors (Lipinski definition) is 3. The molecule has 0 aromatic heterocycles. The fourth-order valence-electron chi connectivity index (χ4n) is 2.41. The molecule has 0 atom stereocenters. The van der Waals surface area contributed by atoms with Crippen LogP contribution >= 0.6 is 0 Å². The normalized spacial score (nSPS) is 26.1. The van der Waals surface area contributed by atoms with Crippen molar-refractivity contribution >= 4 is 5.91 Å². The summed E-state index contributed by atoms with van der Waals surface area (Å²) in [5, 5.41) is 10.1. The summed E-state index contributed by atoms with van der Waals surface area (Å²) in [5.74, 6) is 0.0287. The zero-order chi connectivity index (χ0) is 10.0. The predicted octanol–water partition coefficient (Wildman–Crippen LogP) is 0.845. The first-order valence-electron chi connectivity index (χ1n) is 5.36. The highest BCUT2D eigenvalue weighted by molar-refractivity contribution is 5.78. The Kier molecular flexibility index (Phi) is 2.74. The molecule has 2 rings (SSSR count). The second-order valence-corrected chi connectivity index (χ2v) is 4.23. The Morgan fingerprint density at radius 3 is 2.71 bits per heavy atom. The van der Waals surface area contributed by atoms with Gasteiger partial charge in [0.25, 0.3) is 0 Å². The minimum Gasteiger partial charge on any atom is -0.394 e. The van der Waals surface area contributed by atoms with Gasteiger partial charge in [0.05, 0.1) is 19.6 Å². The Morgan fingerprint density at radius 1 is 1.36 bits per heavy atom. The van der Waals surface area contributed by atoms with E-state index >= 15 is 0 Å². The summed E-state index contributed by atoms with van der Waals surface area (Å²) in [6.07, 6.45) is 6.04. The molecule has 0 bridgehead atoms. The first-order valence-corrected chi connectivity index (χ1v) is 5.36. The molecular formula is C10H17NO3. The van der Waals surface area contributed by atoms with Crippen LogP contribution < -0.4 is 0 Å². The van der Waals surface area contributed by atoms with Crippen LogP contribution in [0.25, 0.3) is 0 Å². The van der Waals surface area contributed by atoms with Crippen LogP contribution in [-0.2, 0) is 9.63 Å². The molecule has 0 aromatic carbocycles. The van der Waals surface area contributed by atoms with E-state index in [1.54, 1.807) is 0 Å². The van der Waals surface area contributed by atoms with Crippen molar-refractivity contribution in [3.05, 3.63) is 0 Å². The highest BCUT2D eigenvalue weighted by Gasteiger charge is 2.45. The van der Waals surface area contributed by atoms with E-state index in [1.165, 1.54) is 11.5 Å². The third kappa shape index (κ3) is 1.77. The van der Waals surface area contributed by atoms with Crippen molar-refractivity contribution in [2.45, 2.75) is 44.1 Å². The average molecular weight is 199 g/mol. The Balaban J connectivity index is 1.99. The van der Waals surface area contributed by atoms with Gasteiger partial charge in [-0.05, 0) is 12.8 Å². The molecule has 1 N–H and O–H groups in total. The van der Waals surface area contributed by atoms with Crippen molar-refractivity contribution in [1.29, 1.82) is 0 Å². The van der Waals surface area contributed by atoms with Crippen LogP contribution in [0.2, 0.25) is 0 Å². The van der Waals surface area contributed by atoms with Crippen LogP contribution in [0, 0.1) is 0 Å². The molecule has 80 valence electrons. The maximum Gasteiger partial charge on any atom is 0.249 e. The molecule has 4 heteroatoms. The van der Waals surface area contributed by atoms with Crippen molar-refractivity contribution in [1.82, 2.24) is 5.06 Å². The number of nitrogens with zero attached hydrogens (tertiary/aromatic N) is 1. The lowest BCUT2D eigenvalue weighted by Crippen LogP contribution is -2.34. The van der Waals surface area contributed by atoms with Crippen molar-refractivity contribution in [2.75, 3.05) is 13.2 Å². The van der Waals surface area contributed by atoms with Crippen molar-refractivity contribution in [2.24, 2.45) is 0 Å². The van der Waals surface area contributed by atoms with Crippen molar-refractivity contribution < 1.29 is 14.7 Å². The van der Waals surface area contributed by atoms with Gasteiger partial charge < -0.3 is 5.11 Å². The maximum absolute atomic E-state index is 11.5. The molecule has 4 nitrogen and oxygen atoms in total. The van der Waals surface area contributed by atoms with Gasteiger partial charge in [-0.2, -0.15) is 0 Å². The number of rotatable bonds is 2. The molecule has 0 unspecified atom stereocenters. The van der Waals surface area contributed by atoms with Gasteiger partial charge in [0.2, 0.25) is 5.91 Å². The molecule has 1 heterocycles. The quantitative estimate of drug-likeness (QED) is 0.717. The summed E-state index contributed by atoms with van der Waals surface area (Å²) in [6.45, 7) is 0.280. The Morgan fingerprint density at radius 2 is 2.07 bits per heavy atom. The van der Waals surface area contributed by atoms with Gasteiger partial charge in [-0.15, -0.1) is 0 Å². The van der Waals surface area contributed by atoms with Crippen LogP contribution in [0.4, 0.5) is 0 Å². The molecule has 1 amide bonds. The molecular weight excluding hydrogens is 182 g/mol. The zero-order valence-electron chi connectivity index (χ0n) is 8.37. The Bertz CT molecular complexity index is 223. The van der Waals surface area contributed by atoms with Gasteiger partial charge in [-0.3, -0.25) is 9.63 Å². The number of hydroxylamine groups is 2. The number of amides is 1. The molecule has 1 spiro atoms. The second kappa shape index (κ2) is 3.87. The van der Waals surface area contributed by atoms with Gasteiger partial charge >= 0.3 is 0 Å². The van der Waals surface area contributed by atoms with Gasteiger partial charge in [0.1, 0.15) is 5.60 Å². The van der Waals surface area contributed by atoms with E-state index in [0.717, 1.165) is 25.7 Å². The largest absolute Gasteiger partial charge is 0.394 e. The molecule has 1 saturated heterocycles. The van der Waals surface area contributed by atoms with Crippen molar-refractivity contribution in [3.63, 3.8) is 0 Å². The summed E-state index contributed by atoms with van der Waals surface area (Å²) in [5.41, 5.74) is -0.218. The highest BCUT2D eigenvalue weighted by Crippen LogP contribution is 2.39. The fourth-order valence-corrected chi connectivity index (χ4v) is 2.41. The molecule has 14 heavy (non-hydrogen) atoms. The third-order valence-corrected chi connectivity index (χ3v) is 3.12. The van der Waals surface area contributed by atoms with Crippen LogP contribution in [0.3, 0.4) is 0 Å². The molecule has 2 aliphatic rings. The van der Waals surface area contributed by atoms with E-state index in [1.807, 2.05) is 0 Å². The summed E-state index contributed by atoms with van der Waals surface area (Å²) in [6, 6.07) is 0. The molecule has 0 aromatic rings. The van der Waals surface area contributed by atoms with E-state index in [-0.39, 0.29) is 18.1 Å². The Hall–Kier alpha value is -0.610. The number of carbonyl (C=O) groups is 1. The van der Waals surface area contributed by atoms with Gasteiger partial charge in [-0.1, -0.05) is 19.3 Å². The smallest absolute Gasteiger partial charge is 0.249 e. The van der Waals surface area contributed by atoms with Crippen molar-refractivity contribution in [3.8, 4) is 0 Å². The van der Waals surface area contributed by atoms with Crippen LogP contribution in [0.1, 0.15) is 38.5 Å². The van der Waals surface area contributed by atoms with Gasteiger partial charge in [0, 0.05) is 0 Å². The predicted molar refractivity (Wildman–Crippen MR) is 50.3 cm³/mol. The van der Waals surface area contributed by atoms with E-state index in [2.05, 4.69) is 0 Å². The number of aliphatic hydroxyl groups is 1. The molecule has 0 radical (unpaired) electrons. The molecule has 1 aliphatic heterocycles. The van der Waals surface area contributed by atoms with E-state index in [0.29, 0.717) is 13.0 Å². The lowest BCUT2D eigenvalue weighted by atomic mass is 9.83. The minimum absolute atomic E-state index is 0.0260. The van der Waals surface area contributed by atoms with E-state index in [4.69, 9.17) is 9.94 Å². The number of carbonyl (C=O) groups excluding carboxylic acids is 1. The minimum atomic E-state index is -0.218. The van der Waals surface area contributed by atoms with Crippen LogP contribution in [0.5, 0.6) is 0 Å². The molecule has 1 saturated carbocycles. The highest BCUT2D eigenvalue weighted by atomic mass is 16.7. The summed E-state index contributed by atoms with van der Waals surface area (Å²) in [4.78, 5) is 17.2. The second-order valence-electron chi connectivity index (χ2n) is 4.23. The van der Waals surface area contributed by atoms with E-state index < -0.39 is 0 Å². The van der Waals surface area contributed by atoms with Crippen LogP contribution in [-0.4, -0.2) is 34.8 Å². The molecule has 1 aliphatic carbocycles. The topological polar surface area (TPSA) is 49.8 Å². The first-order chi connectivity index (χ1) is 6.76. The SMILES string of the molecule is O=C1CC2(CCCCC2)ON1CCO. The zero-order valence-corrected chi connectivity index (χ0v) is 8.37. The maximum atomic E-state index is 11.5. The monoisotopic (exact) mass is 199 g/mol. The number of hydrogen-bond donors (Lipinski definition) is 1. The standard InChI is InChI=1S/C10H17NO3/c12-7-6-11-9(13)8-10(14-11)4-2-1-3-5-10/h12H,1-8H2. The van der Waals surface area contributed by atoms with Crippen LogP contribution in [0.15, 0.2) is 0 Å². The summed E-state index contributed by atoms with van der Waals surface area (Å²) >= 11 is 0. The lowest BCUT2D eigenvalue weighted by Gasteiger charge is -2.31. The van der Waals surface area contributed by atoms with Gasteiger partial charge in [-0.25, -0.2) is 5.06 Å². The summed E-state index contributed by atoms with van der Waals surface area (Å²) < 4.78 is 0. The van der Waals surface area contributed by atoms with E-state index in [9.17, 15) is 4.79 Å². The third-order valence-electron chi connectivity index (χ3n) is 3.12. The summed E-state index contributed by atoms with van der Waals surface area (Å²) in [7, 11) is 0. The number of β-amino-alcohol motifs (C(OH)–C–C–N with tert-alkyl or cyclic N) is 1. The molecule has 2 fully saturated rings. The lowest BCUT2D eigenvalue weighted by molar-refractivity contribution is -0.209.